The van der Waals surface area contributed by atoms with Gasteiger partial charge in [0.25, 0.3) is 15.6 Å². The first-order valence-electron chi connectivity index (χ1n) is 11.8. The Morgan fingerprint density at radius 3 is 2.33 bits per heavy atom. The lowest BCUT2D eigenvalue weighted by Crippen LogP contribution is -2.39. The molecule has 0 radical (unpaired) electrons. The summed E-state index contributed by atoms with van der Waals surface area (Å²) in [5, 5.41) is 2.21. The number of hydrogen-bond acceptors (Lipinski definition) is 6. The van der Waals surface area contributed by atoms with Crippen molar-refractivity contribution in [1.29, 1.82) is 0 Å². The fraction of sp³-hybridized carbons (Fsp3) is 0.185. The maximum atomic E-state index is 13.9. The minimum atomic E-state index is -4.43. The second kappa shape index (κ2) is 11.4. The molecular formula is C27H26ClFN4O6S. The highest BCUT2D eigenvalue weighted by atomic mass is 35.5. The SMILES string of the molecule is COc1ccc(S(=O)(=O)N(CC(=O)Nc2c(C)n(C)n(-c3ccccc3)c2=O)c2ccc(F)c(Cl)c2)cc1OC. The van der Waals surface area contributed by atoms with Crippen LogP contribution in [0.5, 0.6) is 11.5 Å². The number of methoxy groups -OCH3 is 2. The van der Waals surface area contributed by atoms with Crippen LogP contribution in [0.2, 0.25) is 5.02 Å². The summed E-state index contributed by atoms with van der Waals surface area (Å²) in [6, 6.07) is 16.0. The number of hydrogen-bond donors (Lipinski definition) is 1. The summed E-state index contributed by atoms with van der Waals surface area (Å²) in [4.78, 5) is 26.3. The molecule has 40 heavy (non-hydrogen) atoms. The average Bonchev–Trinajstić information content (AvgIpc) is 3.15. The van der Waals surface area contributed by atoms with Gasteiger partial charge in [0.05, 0.1) is 41.2 Å². The van der Waals surface area contributed by atoms with Gasteiger partial charge in [-0.15, -0.1) is 0 Å². The van der Waals surface area contributed by atoms with Crippen molar-refractivity contribution in [1.82, 2.24) is 9.36 Å². The zero-order chi connectivity index (χ0) is 29.2. The predicted octanol–water partition coefficient (Wildman–Crippen LogP) is 4.13. The molecule has 0 fully saturated rings. The van der Waals surface area contributed by atoms with Crippen LogP contribution in [-0.4, -0.2) is 44.5 Å². The van der Waals surface area contributed by atoms with Crippen molar-refractivity contribution in [3.8, 4) is 17.2 Å². The van der Waals surface area contributed by atoms with Gasteiger partial charge in [-0.25, -0.2) is 17.5 Å². The molecule has 1 aromatic heterocycles. The standard InChI is InChI=1S/C27H26ClFN4O6S/c1-17-26(27(35)33(31(17)2)18-8-6-5-7-9-18)30-25(34)16-32(19-10-12-22(29)21(28)14-19)40(36,37)20-11-13-23(38-3)24(15-20)39-4/h5-15H,16H2,1-4H3,(H,30,34). The fourth-order valence-corrected chi connectivity index (χ4v) is 5.68. The van der Waals surface area contributed by atoms with Crippen molar-refractivity contribution in [2.45, 2.75) is 11.8 Å². The number of sulfonamides is 1. The Morgan fingerprint density at radius 2 is 1.70 bits per heavy atom. The van der Waals surface area contributed by atoms with Gasteiger partial charge in [0.2, 0.25) is 5.91 Å². The third kappa shape index (κ3) is 5.40. The molecule has 10 nitrogen and oxygen atoms in total. The van der Waals surface area contributed by atoms with Crippen molar-refractivity contribution >= 4 is 38.9 Å². The van der Waals surface area contributed by atoms with Gasteiger partial charge in [0.15, 0.2) is 11.5 Å². The number of aromatic nitrogens is 2. The third-order valence-electron chi connectivity index (χ3n) is 6.24. The lowest BCUT2D eigenvalue weighted by molar-refractivity contribution is -0.114. The number of carbonyl (C=O) groups is 1. The van der Waals surface area contributed by atoms with E-state index in [1.54, 1.807) is 42.9 Å². The number of nitrogens with zero attached hydrogens (tertiary/aromatic N) is 3. The first kappa shape index (κ1) is 28.7. The molecule has 1 heterocycles. The van der Waals surface area contributed by atoms with E-state index < -0.39 is 33.9 Å². The van der Waals surface area contributed by atoms with E-state index in [1.165, 1.54) is 43.2 Å². The summed E-state index contributed by atoms with van der Waals surface area (Å²) in [5.74, 6) is -1.13. The summed E-state index contributed by atoms with van der Waals surface area (Å²) in [5.41, 5.74) is 0.442. The van der Waals surface area contributed by atoms with E-state index in [-0.39, 0.29) is 27.0 Å². The molecule has 0 aliphatic heterocycles. The molecule has 0 aliphatic rings. The van der Waals surface area contributed by atoms with E-state index in [4.69, 9.17) is 21.1 Å². The van der Waals surface area contributed by atoms with E-state index in [1.807, 2.05) is 6.07 Å². The van der Waals surface area contributed by atoms with Crippen LogP contribution in [0.15, 0.2) is 76.4 Å². The van der Waals surface area contributed by atoms with Crippen molar-refractivity contribution < 1.29 is 27.1 Å². The summed E-state index contributed by atoms with van der Waals surface area (Å²) < 4.78 is 55.7. The van der Waals surface area contributed by atoms with Gasteiger partial charge in [-0.3, -0.25) is 18.6 Å². The molecule has 0 saturated heterocycles. The predicted molar refractivity (Wildman–Crippen MR) is 150 cm³/mol. The Kier molecular flexibility index (Phi) is 8.21. The molecule has 0 saturated carbocycles. The Hall–Kier alpha value is -4.29. The van der Waals surface area contributed by atoms with E-state index in [0.717, 1.165) is 16.4 Å². The van der Waals surface area contributed by atoms with Crippen molar-refractivity contribution in [2.24, 2.45) is 7.05 Å². The molecule has 13 heteroatoms. The number of benzene rings is 3. The van der Waals surface area contributed by atoms with Gasteiger partial charge >= 0.3 is 0 Å². The van der Waals surface area contributed by atoms with Crippen LogP contribution in [0.4, 0.5) is 15.8 Å². The normalized spacial score (nSPS) is 11.2. The topological polar surface area (TPSA) is 112 Å². The Balaban J connectivity index is 1.74. The molecule has 0 spiro atoms. The minimum absolute atomic E-state index is 0.0167. The molecule has 1 amide bonds. The minimum Gasteiger partial charge on any atom is -0.493 e. The van der Waals surface area contributed by atoms with Crippen LogP contribution < -0.4 is 24.7 Å². The number of carbonyl (C=O) groups excluding carboxylic acids is 1. The van der Waals surface area contributed by atoms with Gasteiger partial charge < -0.3 is 14.8 Å². The Bertz CT molecular complexity index is 1740. The fourth-order valence-electron chi connectivity index (χ4n) is 4.08. The zero-order valence-corrected chi connectivity index (χ0v) is 23.6. The highest BCUT2D eigenvalue weighted by Crippen LogP contribution is 2.33. The summed E-state index contributed by atoms with van der Waals surface area (Å²) in [7, 11) is -0.0130. The van der Waals surface area contributed by atoms with E-state index in [2.05, 4.69) is 5.32 Å². The lowest BCUT2D eigenvalue weighted by Gasteiger charge is -2.24. The van der Waals surface area contributed by atoms with Gasteiger partial charge in [0, 0.05) is 13.1 Å². The van der Waals surface area contributed by atoms with E-state index >= 15 is 0 Å². The van der Waals surface area contributed by atoms with Gasteiger partial charge in [-0.05, 0) is 49.4 Å². The molecule has 210 valence electrons. The van der Waals surface area contributed by atoms with Crippen molar-refractivity contribution in [3.63, 3.8) is 0 Å². The number of ether oxygens (including phenoxy) is 2. The van der Waals surface area contributed by atoms with Crippen LogP contribution in [0.1, 0.15) is 5.69 Å². The molecule has 0 unspecified atom stereocenters. The van der Waals surface area contributed by atoms with Crippen LogP contribution in [-0.2, 0) is 21.9 Å². The van der Waals surface area contributed by atoms with E-state index in [9.17, 15) is 22.4 Å². The zero-order valence-electron chi connectivity index (χ0n) is 22.0. The Labute approximate surface area is 235 Å². The summed E-state index contributed by atoms with van der Waals surface area (Å²) in [6.45, 7) is 0.895. The van der Waals surface area contributed by atoms with Crippen molar-refractivity contribution in [3.05, 3.63) is 93.6 Å². The van der Waals surface area contributed by atoms with E-state index in [0.29, 0.717) is 17.1 Å². The maximum Gasteiger partial charge on any atom is 0.295 e. The second-order valence-corrected chi connectivity index (χ2v) is 10.9. The quantitative estimate of drug-likeness (QED) is 0.315. The molecule has 0 bridgehead atoms. The highest BCUT2D eigenvalue weighted by Gasteiger charge is 2.30. The van der Waals surface area contributed by atoms with Crippen LogP contribution in [0.25, 0.3) is 5.69 Å². The number of nitrogens with one attached hydrogen (secondary N) is 1. The maximum absolute atomic E-state index is 13.9. The monoisotopic (exact) mass is 588 g/mol. The Morgan fingerprint density at radius 1 is 1.02 bits per heavy atom. The summed E-state index contributed by atoms with van der Waals surface area (Å²) >= 11 is 5.95. The number of anilines is 2. The molecule has 3 aromatic carbocycles. The van der Waals surface area contributed by atoms with Gasteiger partial charge in [-0.2, -0.15) is 0 Å². The molecule has 4 aromatic rings. The number of amides is 1. The number of halogens is 2. The molecule has 0 atom stereocenters. The molecule has 1 N–H and O–H groups in total. The second-order valence-electron chi connectivity index (χ2n) is 8.61. The number of para-hydroxylation sites is 1. The van der Waals surface area contributed by atoms with Crippen LogP contribution in [0, 0.1) is 12.7 Å². The van der Waals surface area contributed by atoms with Gasteiger partial charge in [0.1, 0.15) is 18.0 Å². The summed E-state index contributed by atoms with van der Waals surface area (Å²) in [6.07, 6.45) is 0. The van der Waals surface area contributed by atoms with Crippen molar-refractivity contribution in [2.75, 3.05) is 30.4 Å². The van der Waals surface area contributed by atoms with Gasteiger partial charge in [-0.1, -0.05) is 29.8 Å². The average molecular weight is 589 g/mol. The first-order valence-corrected chi connectivity index (χ1v) is 13.6. The largest absolute Gasteiger partial charge is 0.493 e. The first-order chi connectivity index (χ1) is 19.0. The van der Waals surface area contributed by atoms with Crippen LogP contribution >= 0.6 is 11.6 Å². The highest BCUT2D eigenvalue weighted by molar-refractivity contribution is 7.92. The van der Waals surface area contributed by atoms with Crippen LogP contribution in [0.3, 0.4) is 0 Å². The third-order valence-corrected chi connectivity index (χ3v) is 8.30. The number of rotatable bonds is 9. The molecular weight excluding hydrogens is 563 g/mol. The lowest BCUT2D eigenvalue weighted by atomic mass is 10.3. The smallest absolute Gasteiger partial charge is 0.295 e. The molecule has 0 aliphatic carbocycles. The molecule has 4 rings (SSSR count).